The molecule has 0 bridgehead atoms. The molecule has 0 amide bonds. The van der Waals surface area contributed by atoms with Crippen LogP contribution in [0.15, 0.2) is 0 Å². The molecule has 0 radical (unpaired) electrons. The minimum atomic E-state index is 0.489. The molecule has 0 aromatic carbocycles. The monoisotopic (exact) mass is 286 g/mol. The fourth-order valence-electron chi connectivity index (χ4n) is 1.94. The lowest BCUT2D eigenvalue weighted by Gasteiger charge is -2.05. The molecule has 1 nitrogen and oxygen atoms in total. The Morgan fingerprint density at radius 2 is 1.16 bits per heavy atom. The van der Waals surface area contributed by atoms with Crippen molar-refractivity contribution < 1.29 is 4.79 Å². The van der Waals surface area contributed by atoms with Crippen molar-refractivity contribution in [2.24, 2.45) is 0 Å². The molecule has 1 aliphatic heterocycles. The summed E-state index contributed by atoms with van der Waals surface area (Å²) in [7, 11) is 0. The van der Waals surface area contributed by atoms with E-state index in [0.29, 0.717) is 5.78 Å². The molecule has 2 heteroatoms. The number of carbonyl (C=O) groups excluding carboxylic acids is 1. The number of hydrogen-bond acceptors (Lipinski definition) is 2. The van der Waals surface area contributed by atoms with E-state index in [9.17, 15) is 4.79 Å². The van der Waals surface area contributed by atoms with Crippen molar-refractivity contribution in [3.05, 3.63) is 0 Å². The highest BCUT2D eigenvalue weighted by Gasteiger charge is 2.01. The van der Waals surface area contributed by atoms with Gasteiger partial charge in [-0.25, -0.2) is 0 Å². The van der Waals surface area contributed by atoms with E-state index >= 15 is 0 Å². The normalized spacial score (nSPS) is 13.4. The molecule has 1 saturated heterocycles. The van der Waals surface area contributed by atoms with Crippen LogP contribution in [0, 0.1) is 0 Å². The summed E-state index contributed by atoms with van der Waals surface area (Å²) >= 11 is 2.04. The summed E-state index contributed by atoms with van der Waals surface area (Å²) in [5, 5.41) is 0. The van der Waals surface area contributed by atoms with Crippen molar-refractivity contribution in [3.63, 3.8) is 0 Å². The standard InChI is InChI=1S/C14H28O.C3H6S/c1-3-5-7-9-11-13-14(15)12-10-8-6-4-2;1-2-4-3-1/h3-13H2,1-2H3;1-3H2. The zero-order valence-corrected chi connectivity index (χ0v) is 14.0. The summed E-state index contributed by atoms with van der Waals surface area (Å²) in [6.45, 7) is 4.43. The Labute approximate surface area is 125 Å². The van der Waals surface area contributed by atoms with Crippen LogP contribution in [0.5, 0.6) is 0 Å². The Bertz CT molecular complexity index is 184. The summed E-state index contributed by atoms with van der Waals surface area (Å²) in [4.78, 5) is 11.4. The lowest BCUT2D eigenvalue weighted by Crippen LogP contribution is -1.97. The van der Waals surface area contributed by atoms with Crippen LogP contribution in [-0.4, -0.2) is 17.3 Å². The highest BCUT2D eigenvalue weighted by molar-refractivity contribution is 8.00. The first-order chi connectivity index (χ1) is 9.31. The van der Waals surface area contributed by atoms with E-state index < -0.39 is 0 Å². The van der Waals surface area contributed by atoms with Gasteiger partial charge in [-0.05, 0) is 30.8 Å². The second-order valence-corrected chi connectivity index (χ2v) is 6.70. The fourth-order valence-corrected chi connectivity index (χ4v) is 2.23. The van der Waals surface area contributed by atoms with Crippen LogP contribution in [0.1, 0.15) is 90.9 Å². The molecule has 0 aromatic heterocycles. The summed E-state index contributed by atoms with van der Waals surface area (Å²) in [6, 6.07) is 0. The Kier molecular flexibility index (Phi) is 16.1. The Hall–Kier alpha value is 0.0200. The largest absolute Gasteiger partial charge is 0.300 e. The summed E-state index contributed by atoms with van der Waals surface area (Å²) in [6.07, 6.45) is 14.3. The van der Waals surface area contributed by atoms with Gasteiger partial charge in [0.1, 0.15) is 5.78 Å². The number of carbonyl (C=O) groups is 1. The minimum absolute atomic E-state index is 0.489. The fraction of sp³-hybridized carbons (Fsp3) is 0.941. The van der Waals surface area contributed by atoms with Gasteiger partial charge in [0.05, 0.1) is 0 Å². The van der Waals surface area contributed by atoms with Crippen molar-refractivity contribution in [2.45, 2.75) is 90.9 Å². The predicted octanol–water partition coefficient (Wildman–Crippen LogP) is 6.01. The molecule has 0 N–H and O–H groups in total. The lowest BCUT2D eigenvalue weighted by molar-refractivity contribution is -0.119. The first-order valence-electron chi connectivity index (χ1n) is 8.40. The zero-order valence-electron chi connectivity index (χ0n) is 13.2. The Morgan fingerprint density at radius 1 is 0.789 bits per heavy atom. The third-order valence-electron chi connectivity index (χ3n) is 3.45. The molecule has 1 heterocycles. The summed E-state index contributed by atoms with van der Waals surface area (Å²) in [5.41, 5.74) is 0. The second kappa shape index (κ2) is 16.1. The molecule has 1 fully saturated rings. The maximum atomic E-state index is 11.4. The second-order valence-electron chi connectivity index (χ2n) is 5.48. The molecule has 0 aliphatic carbocycles. The van der Waals surface area contributed by atoms with Gasteiger partial charge < -0.3 is 0 Å². The molecular weight excluding hydrogens is 252 g/mol. The molecule has 0 unspecified atom stereocenters. The molecule has 0 spiro atoms. The quantitative estimate of drug-likeness (QED) is 0.433. The van der Waals surface area contributed by atoms with Crippen molar-refractivity contribution in [1.29, 1.82) is 0 Å². The third kappa shape index (κ3) is 16.0. The average molecular weight is 287 g/mol. The van der Waals surface area contributed by atoms with E-state index in [2.05, 4.69) is 13.8 Å². The van der Waals surface area contributed by atoms with E-state index in [1.807, 2.05) is 11.8 Å². The van der Waals surface area contributed by atoms with Crippen molar-refractivity contribution in [2.75, 3.05) is 11.5 Å². The van der Waals surface area contributed by atoms with Gasteiger partial charge in [-0.3, -0.25) is 4.79 Å². The third-order valence-corrected chi connectivity index (χ3v) is 4.60. The van der Waals surface area contributed by atoms with Gasteiger partial charge in [-0.1, -0.05) is 58.8 Å². The maximum Gasteiger partial charge on any atom is 0.132 e. The van der Waals surface area contributed by atoms with E-state index in [1.165, 1.54) is 62.9 Å². The first-order valence-corrected chi connectivity index (χ1v) is 9.56. The molecule has 1 rings (SSSR count). The first kappa shape index (κ1) is 19.0. The van der Waals surface area contributed by atoms with E-state index in [1.54, 1.807) is 0 Å². The van der Waals surface area contributed by atoms with Gasteiger partial charge in [0.15, 0.2) is 0 Å². The maximum absolute atomic E-state index is 11.4. The molecule has 19 heavy (non-hydrogen) atoms. The van der Waals surface area contributed by atoms with Gasteiger partial charge in [0.2, 0.25) is 0 Å². The van der Waals surface area contributed by atoms with Crippen molar-refractivity contribution in [1.82, 2.24) is 0 Å². The van der Waals surface area contributed by atoms with Crippen LogP contribution in [0.25, 0.3) is 0 Å². The van der Waals surface area contributed by atoms with E-state index in [4.69, 9.17) is 0 Å². The molecule has 0 saturated carbocycles. The molecular formula is C17H34OS. The van der Waals surface area contributed by atoms with E-state index in [-0.39, 0.29) is 0 Å². The zero-order chi connectivity index (χ0) is 14.2. The number of unbranched alkanes of at least 4 members (excludes halogenated alkanes) is 7. The van der Waals surface area contributed by atoms with Gasteiger partial charge in [0, 0.05) is 12.8 Å². The molecule has 114 valence electrons. The number of hydrogen-bond donors (Lipinski definition) is 0. The average Bonchev–Trinajstić information content (AvgIpc) is 2.32. The molecule has 0 atom stereocenters. The minimum Gasteiger partial charge on any atom is -0.300 e. The Morgan fingerprint density at radius 3 is 1.53 bits per heavy atom. The number of Topliss-reactive ketones (excluding diaryl/α,β-unsaturated/α-hetero) is 1. The van der Waals surface area contributed by atoms with Crippen LogP contribution in [0.3, 0.4) is 0 Å². The number of thioether (sulfide) groups is 1. The lowest BCUT2D eigenvalue weighted by atomic mass is 10.0. The molecule has 0 aromatic rings. The van der Waals surface area contributed by atoms with Crippen LogP contribution in [0.2, 0.25) is 0 Å². The highest BCUT2D eigenvalue weighted by Crippen LogP contribution is 2.14. The smallest absolute Gasteiger partial charge is 0.132 e. The van der Waals surface area contributed by atoms with Gasteiger partial charge in [-0.2, -0.15) is 11.8 Å². The highest BCUT2D eigenvalue weighted by atomic mass is 32.2. The van der Waals surface area contributed by atoms with Crippen LogP contribution >= 0.6 is 11.8 Å². The van der Waals surface area contributed by atoms with Gasteiger partial charge in [-0.15, -0.1) is 0 Å². The number of ketones is 1. The van der Waals surface area contributed by atoms with E-state index in [0.717, 1.165) is 25.7 Å². The van der Waals surface area contributed by atoms with Crippen molar-refractivity contribution >= 4 is 17.5 Å². The van der Waals surface area contributed by atoms with Gasteiger partial charge in [0.25, 0.3) is 0 Å². The topological polar surface area (TPSA) is 17.1 Å². The summed E-state index contributed by atoms with van der Waals surface area (Å²) in [5.74, 6) is 3.32. The SMILES string of the molecule is C1CSC1.CCCCCCCC(=O)CCCCCC. The predicted molar refractivity (Wildman–Crippen MR) is 89.1 cm³/mol. The van der Waals surface area contributed by atoms with Crippen LogP contribution in [0.4, 0.5) is 0 Å². The van der Waals surface area contributed by atoms with Crippen LogP contribution in [-0.2, 0) is 4.79 Å². The Balaban J connectivity index is 0.000000678. The van der Waals surface area contributed by atoms with Gasteiger partial charge >= 0.3 is 0 Å². The molecule has 1 aliphatic rings. The number of rotatable bonds is 11. The van der Waals surface area contributed by atoms with Crippen molar-refractivity contribution in [3.8, 4) is 0 Å². The summed E-state index contributed by atoms with van der Waals surface area (Å²) < 4.78 is 0. The van der Waals surface area contributed by atoms with Crippen LogP contribution < -0.4 is 0 Å².